The maximum atomic E-state index is 9.67. The predicted molar refractivity (Wildman–Crippen MR) is 24.1 cm³/mol. The Hall–Kier alpha value is -0.650. The Bertz CT molecular complexity index is 101. The molecule has 5 nitrogen and oxygen atoms in total. The third-order valence-corrected chi connectivity index (χ3v) is 0.793. The van der Waals surface area contributed by atoms with E-state index >= 15 is 0 Å². The number of carbonyl (C=O) groups is 1. The highest BCUT2D eigenvalue weighted by molar-refractivity contribution is 5.70. The molecule has 0 aliphatic carbocycles. The average molecular weight is 135 g/mol. The molecule has 0 amide bonds. The van der Waals surface area contributed by atoms with Gasteiger partial charge in [0.15, 0.2) is 0 Å². The Balaban J connectivity index is 3.72. The first-order valence-corrected chi connectivity index (χ1v) is 2.27. The fourth-order valence-corrected chi connectivity index (χ4v) is 0.257. The molecule has 0 heterocycles. The van der Waals surface area contributed by atoms with Gasteiger partial charge in [-0.25, -0.2) is 0 Å². The monoisotopic (exact) mass is 135 g/mol. The minimum absolute atomic E-state index is 0.796. The highest BCUT2D eigenvalue weighted by atomic mass is 16.4. The molecule has 0 aromatic heterocycles. The van der Waals surface area contributed by atoms with Crippen LogP contribution in [-0.2, 0) is 4.79 Å². The molecule has 0 rings (SSSR count). The zero-order valence-electron chi connectivity index (χ0n) is 4.52. The van der Waals surface area contributed by atoms with Gasteiger partial charge in [0.25, 0.3) is 0 Å². The lowest BCUT2D eigenvalue weighted by Gasteiger charge is -2.15. The summed E-state index contributed by atoms with van der Waals surface area (Å²) in [6, 6.07) is 0. The molecule has 0 radical (unpaired) electrons. The maximum Gasteiger partial charge on any atom is 0.121 e. The van der Waals surface area contributed by atoms with Gasteiger partial charge < -0.3 is 25.2 Å². The highest BCUT2D eigenvalue weighted by Gasteiger charge is 2.14. The first-order valence-electron chi connectivity index (χ1n) is 2.27. The number of aliphatic carboxylic acids is 1. The normalized spacial score (nSPS) is 16.8. The van der Waals surface area contributed by atoms with Gasteiger partial charge in [-0.15, -0.1) is 0 Å². The van der Waals surface area contributed by atoms with Gasteiger partial charge in [-0.2, -0.15) is 0 Å². The molecule has 0 aliphatic rings. The van der Waals surface area contributed by atoms with Gasteiger partial charge in [0, 0.05) is 0 Å². The number of hydrogen-bond acceptors (Lipinski definition) is 5. The standard InChI is InChI=1S/C4H8O5/c5-1-2(6)3(7)4(8)9/h2-3,5-7H,1H2,(H,8,9)/p-1/t2-,3-/m0/s1. The molecule has 9 heavy (non-hydrogen) atoms. The van der Waals surface area contributed by atoms with E-state index in [1.165, 1.54) is 0 Å². The fraction of sp³-hybridized carbons (Fsp3) is 0.750. The first-order chi connectivity index (χ1) is 4.09. The Morgan fingerprint density at radius 2 is 2.00 bits per heavy atom. The van der Waals surface area contributed by atoms with E-state index in [2.05, 4.69) is 0 Å². The average Bonchev–Trinajstić information content (AvgIpc) is 1.84. The van der Waals surface area contributed by atoms with E-state index in [0.29, 0.717) is 0 Å². The summed E-state index contributed by atoms with van der Waals surface area (Å²) in [6.07, 6.45) is -3.66. The van der Waals surface area contributed by atoms with Crippen LogP contribution in [0.1, 0.15) is 0 Å². The van der Waals surface area contributed by atoms with Crippen molar-refractivity contribution in [1.29, 1.82) is 0 Å². The molecule has 0 aromatic rings. The third kappa shape index (κ3) is 2.41. The summed E-state index contributed by atoms with van der Waals surface area (Å²) in [4.78, 5) is 9.67. The summed E-state index contributed by atoms with van der Waals surface area (Å²) in [5, 5.41) is 34.4. The molecule has 3 N–H and O–H groups in total. The van der Waals surface area contributed by atoms with Crippen molar-refractivity contribution in [3.05, 3.63) is 0 Å². The highest BCUT2D eigenvalue weighted by Crippen LogP contribution is 1.88. The molecular weight excluding hydrogens is 128 g/mol. The zero-order chi connectivity index (χ0) is 7.44. The van der Waals surface area contributed by atoms with Gasteiger partial charge >= 0.3 is 0 Å². The van der Waals surface area contributed by atoms with E-state index in [0.717, 1.165) is 0 Å². The van der Waals surface area contributed by atoms with Gasteiger partial charge in [-0.3, -0.25) is 0 Å². The van der Waals surface area contributed by atoms with Crippen molar-refractivity contribution in [3.63, 3.8) is 0 Å². The summed E-state index contributed by atoms with van der Waals surface area (Å²) < 4.78 is 0. The molecule has 0 saturated heterocycles. The van der Waals surface area contributed by atoms with Crippen LogP contribution in [0, 0.1) is 0 Å². The van der Waals surface area contributed by atoms with Gasteiger partial charge in [0.2, 0.25) is 0 Å². The van der Waals surface area contributed by atoms with Crippen LogP contribution < -0.4 is 5.11 Å². The number of aliphatic hydroxyl groups excluding tert-OH is 3. The van der Waals surface area contributed by atoms with Crippen LogP contribution in [0.3, 0.4) is 0 Å². The molecule has 0 unspecified atom stereocenters. The summed E-state index contributed by atoms with van der Waals surface area (Å²) >= 11 is 0. The molecule has 0 aliphatic heterocycles. The van der Waals surface area contributed by atoms with E-state index in [1.54, 1.807) is 0 Å². The zero-order valence-corrected chi connectivity index (χ0v) is 4.52. The number of carbonyl (C=O) groups excluding carboxylic acids is 1. The summed E-state index contributed by atoms with van der Waals surface area (Å²) in [7, 11) is 0. The van der Waals surface area contributed by atoms with Crippen LogP contribution in [0.15, 0.2) is 0 Å². The van der Waals surface area contributed by atoms with Crippen molar-refractivity contribution in [1.82, 2.24) is 0 Å². The second kappa shape index (κ2) is 3.39. The van der Waals surface area contributed by atoms with Gasteiger partial charge in [0.05, 0.1) is 12.6 Å². The van der Waals surface area contributed by atoms with E-state index < -0.39 is 24.8 Å². The molecule has 54 valence electrons. The lowest BCUT2D eigenvalue weighted by Crippen LogP contribution is -2.44. The van der Waals surface area contributed by atoms with Crippen LogP contribution in [0.4, 0.5) is 0 Å². The molecular formula is C4H7O5-. The molecule has 2 atom stereocenters. The topological polar surface area (TPSA) is 101 Å². The Labute approximate surface area is 51.2 Å². The number of carboxylic acid groups (broad SMARTS) is 1. The van der Waals surface area contributed by atoms with E-state index in [4.69, 9.17) is 15.3 Å². The van der Waals surface area contributed by atoms with Crippen molar-refractivity contribution >= 4 is 5.97 Å². The van der Waals surface area contributed by atoms with Crippen molar-refractivity contribution in [2.45, 2.75) is 12.2 Å². The van der Waals surface area contributed by atoms with E-state index in [1.807, 2.05) is 0 Å². The number of aliphatic hydroxyl groups is 3. The molecule has 0 saturated carbocycles. The lowest BCUT2D eigenvalue weighted by atomic mass is 10.2. The summed E-state index contributed by atoms with van der Waals surface area (Å²) in [5.41, 5.74) is 0. The number of carboxylic acids is 1. The second-order valence-corrected chi connectivity index (χ2v) is 1.51. The minimum atomic E-state index is -2.00. The fourth-order valence-electron chi connectivity index (χ4n) is 0.257. The Morgan fingerprint density at radius 1 is 1.56 bits per heavy atom. The van der Waals surface area contributed by atoms with Crippen molar-refractivity contribution in [3.8, 4) is 0 Å². The molecule has 5 heteroatoms. The van der Waals surface area contributed by atoms with Crippen LogP contribution in [-0.4, -0.2) is 40.1 Å². The van der Waals surface area contributed by atoms with Gasteiger partial charge in [0.1, 0.15) is 12.2 Å². The summed E-state index contributed by atoms with van der Waals surface area (Å²) in [6.45, 7) is -0.796. The number of rotatable bonds is 3. The summed E-state index contributed by atoms with van der Waals surface area (Å²) in [5.74, 6) is -1.79. The smallest absolute Gasteiger partial charge is 0.121 e. The van der Waals surface area contributed by atoms with Crippen LogP contribution in [0.25, 0.3) is 0 Å². The third-order valence-electron chi connectivity index (χ3n) is 0.793. The lowest BCUT2D eigenvalue weighted by molar-refractivity contribution is -0.318. The molecule has 0 fully saturated rings. The second-order valence-electron chi connectivity index (χ2n) is 1.51. The predicted octanol–water partition coefficient (Wildman–Crippen LogP) is -3.55. The Morgan fingerprint density at radius 3 is 2.11 bits per heavy atom. The van der Waals surface area contributed by atoms with Crippen molar-refractivity contribution in [2.24, 2.45) is 0 Å². The molecule has 0 aromatic carbocycles. The van der Waals surface area contributed by atoms with E-state index in [9.17, 15) is 9.90 Å². The first kappa shape index (κ1) is 8.35. The van der Waals surface area contributed by atoms with Crippen molar-refractivity contribution < 1.29 is 25.2 Å². The van der Waals surface area contributed by atoms with Crippen molar-refractivity contribution in [2.75, 3.05) is 6.61 Å². The van der Waals surface area contributed by atoms with Gasteiger partial charge in [-0.05, 0) is 0 Å². The Kier molecular flexibility index (Phi) is 3.15. The van der Waals surface area contributed by atoms with E-state index in [-0.39, 0.29) is 0 Å². The molecule has 0 bridgehead atoms. The van der Waals surface area contributed by atoms with Crippen LogP contribution >= 0.6 is 0 Å². The molecule has 0 spiro atoms. The maximum absolute atomic E-state index is 9.67. The quantitative estimate of drug-likeness (QED) is 0.372. The van der Waals surface area contributed by atoms with Gasteiger partial charge in [-0.1, -0.05) is 0 Å². The largest absolute Gasteiger partial charge is 0.547 e. The SMILES string of the molecule is O=C([O-])[C@@H](O)[C@@H](O)CO. The van der Waals surface area contributed by atoms with Crippen LogP contribution in [0.2, 0.25) is 0 Å². The number of hydrogen-bond donors (Lipinski definition) is 3. The van der Waals surface area contributed by atoms with Crippen LogP contribution in [0.5, 0.6) is 0 Å². The minimum Gasteiger partial charge on any atom is -0.547 e.